The Bertz CT molecular complexity index is 248. The Hall–Kier alpha value is 0.260. The molecule has 1 saturated carbocycles. The second-order valence-corrected chi connectivity index (χ2v) is 7.31. The van der Waals surface area contributed by atoms with Crippen LogP contribution in [-0.2, 0) is 9.84 Å². The molecule has 0 aromatic heterocycles. The summed E-state index contributed by atoms with van der Waals surface area (Å²) in [7, 11) is -2.76. The highest BCUT2D eigenvalue weighted by Crippen LogP contribution is 2.18. The lowest BCUT2D eigenvalue weighted by molar-refractivity contribution is 0.603. The molecular weight excluding hydrogens is 218 g/mol. The Morgan fingerprint density at radius 3 is 2.64 bits per heavy atom. The summed E-state index contributed by atoms with van der Waals surface area (Å²) in [5, 5.41) is 3.43. The average Bonchev–Trinajstić information content (AvgIpc) is 2.84. The summed E-state index contributed by atoms with van der Waals surface area (Å²) in [4.78, 5) is 0. The number of rotatable bonds is 8. The van der Waals surface area contributed by atoms with Crippen molar-refractivity contribution in [2.24, 2.45) is 0 Å². The molecule has 0 spiro atoms. The van der Waals surface area contributed by atoms with E-state index in [1.54, 1.807) is 11.8 Å². The van der Waals surface area contributed by atoms with E-state index < -0.39 is 9.84 Å². The molecule has 5 heteroatoms. The summed E-state index contributed by atoms with van der Waals surface area (Å²) >= 11 is 1.73. The van der Waals surface area contributed by atoms with Crippen molar-refractivity contribution in [3.63, 3.8) is 0 Å². The van der Waals surface area contributed by atoms with Crippen molar-refractivity contribution in [1.29, 1.82) is 0 Å². The number of hydrogen-bond donors (Lipinski definition) is 1. The van der Waals surface area contributed by atoms with E-state index in [1.165, 1.54) is 19.1 Å². The van der Waals surface area contributed by atoms with Gasteiger partial charge in [0.15, 0.2) is 0 Å². The summed E-state index contributed by atoms with van der Waals surface area (Å²) in [6.07, 6.45) is 5.11. The first-order valence-electron chi connectivity index (χ1n) is 5.07. The van der Waals surface area contributed by atoms with E-state index in [1.807, 2.05) is 0 Å². The molecule has 0 aliphatic heterocycles. The van der Waals surface area contributed by atoms with Crippen molar-refractivity contribution in [2.45, 2.75) is 25.3 Å². The van der Waals surface area contributed by atoms with E-state index in [0.29, 0.717) is 5.75 Å². The van der Waals surface area contributed by atoms with Gasteiger partial charge in [-0.05, 0) is 31.6 Å². The summed E-state index contributed by atoms with van der Waals surface area (Å²) in [6, 6.07) is 0.788. The van der Waals surface area contributed by atoms with Crippen LogP contribution in [0, 0.1) is 0 Å². The summed E-state index contributed by atoms with van der Waals surface area (Å²) < 4.78 is 21.6. The largest absolute Gasteiger partial charge is 0.314 e. The highest BCUT2D eigenvalue weighted by atomic mass is 32.2. The number of sulfone groups is 1. The first-order chi connectivity index (χ1) is 6.58. The van der Waals surface area contributed by atoms with Crippen LogP contribution in [0.15, 0.2) is 0 Å². The zero-order chi connectivity index (χ0) is 10.4. The quantitative estimate of drug-likeness (QED) is 0.637. The van der Waals surface area contributed by atoms with Crippen LogP contribution in [0.5, 0.6) is 0 Å². The van der Waals surface area contributed by atoms with Gasteiger partial charge in [0.25, 0.3) is 0 Å². The van der Waals surface area contributed by atoms with Crippen LogP contribution in [-0.4, -0.2) is 44.5 Å². The molecule has 0 aromatic rings. The molecule has 0 bridgehead atoms. The molecule has 0 radical (unpaired) electrons. The monoisotopic (exact) mass is 237 g/mol. The maximum absolute atomic E-state index is 10.8. The number of nitrogens with one attached hydrogen (secondary N) is 1. The molecule has 0 unspecified atom stereocenters. The van der Waals surface area contributed by atoms with Gasteiger partial charge in [-0.1, -0.05) is 0 Å². The Morgan fingerprint density at radius 2 is 2.07 bits per heavy atom. The van der Waals surface area contributed by atoms with Crippen molar-refractivity contribution in [3.8, 4) is 0 Å². The fourth-order valence-corrected chi connectivity index (χ4v) is 3.32. The molecule has 0 aromatic carbocycles. The van der Waals surface area contributed by atoms with E-state index in [9.17, 15) is 8.42 Å². The summed E-state index contributed by atoms with van der Waals surface area (Å²) in [5.74, 6) is 2.12. The minimum absolute atomic E-state index is 0.313. The third kappa shape index (κ3) is 7.64. The Kier molecular flexibility index (Phi) is 5.26. The van der Waals surface area contributed by atoms with Crippen LogP contribution in [0.4, 0.5) is 0 Å². The number of hydrogen-bond acceptors (Lipinski definition) is 4. The first-order valence-corrected chi connectivity index (χ1v) is 8.28. The van der Waals surface area contributed by atoms with Crippen LogP contribution in [0.3, 0.4) is 0 Å². The van der Waals surface area contributed by atoms with E-state index in [4.69, 9.17) is 0 Å². The Labute approximate surface area is 91.0 Å². The molecule has 1 rings (SSSR count). The van der Waals surface area contributed by atoms with Gasteiger partial charge in [-0.2, -0.15) is 11.8 Å². The van der Waals surface area contributed by atoms with Crippen molar-refractivity contribution < 1.29 is 8.42 Å². The van der Waals surface area contributed by atoms with Crippen molar-refractivity contribution in [3.05, 3.63) is 0 Å². The minimum atomic E-state index is -2.76. The van der Waals surface area contributed by atoms with Gasteiger partial charge in [-0.3, -0.25) is 0 Å². The summed E-state index contributed by atoms with van der Waals surface area (Å²) in [6.45, 7) is 1.08. The van der Waals surface area contributed by atoms with Crippen LogP contribution in [0.2, 0.25) is 0 Å². The molecule has 0 heterocycles. The molecule has 14 heavy (non-hydrogen) atoms. The van der Waals surface area contributed by atoms with E-state index in [2.05, 4.69) is 5.32 Å². The Morgan fingerprint density at radius 1 is 1.36 bits per heavy atom. The second-order valence-electron chi connectivity index (χ2n) is 3.82. The van der Waals surface area contributed by atoms with Gasteiger partial charge in [0.05, 0.1) is 5.75 Å². The lowest BCUT2D eigenvalue weighted by atomic mass is 10.5. The number of thioether (sulfide) groups is 1. The fourth-order valence-electron chi connectivity index (χ4n) is 1.08. The Balaban J connectivity index is 1.79. The lowest BCUT2D eigenvalue weighted by Gasteiger charge is -2.02. The van der Waals surface area contributed by atoms with Gasteiger partial charge in [0.2, 0.25) is 0 Å². The predicted molar refractivity (Wildman–Crippen MR) is 62.7 cm³/mol. The van der Waals surface area contributed by atoms with Gasteiger partial charge in [-0.25, -0.2) is 8.42 Å². The molecule has 84 valence electrons. The first kappa shape index (κ1) is 12.3. The van der Waals surface area contributed by atoms with Crippen molar-refractivity contribution in [2.75, 3.05) is 30.1 Å². The maximum atomic E-state index is 10.8. The van der Waals surface area contributed by atoms with Gasteiger partial charge in [0, 0.05) is 18.1 Å². The second kappa shape index (κ2) is 5.98. The topological polar surface area (TPSA) is 46.2 Å². The highest BCUT2D eigenvalue weighted by Gasteiger charge is 2.19. The van der Waals surface area contributed by atoms with Crippen LogP contribution >= 0.6 is 11.8 Å². The predicted octanol–water partition coefficient (Wildman–Crippen LogP) is 0.906. The average molecular weight is 237 g/mol. The highest BCUT2D eigenvalue weighted by molar-refractivity contribution is 8.00. The molecule has 1 N–H and O–H groups in total. The lowest BCUT2D eigenvalue weighted by Crippen LogP contribution is -2.18. The minimum Gasteiger partial charge on any atom is -0.314 e. The van der Waals surface area contributed by atoms with Crippen LogP contribution in [0.25, 0.3) is 0 Å². The molecule has 1 aliphatic carbocycles. The van der Waals surface area contributed by atoms with Crippen molar-refractivity contribution in [1.82, 2.24) is 5.32 Å². The zero-order valence-corrected chi connectivity index (χ0v) is 10.3. The molecule has 0 saturated heterocycles. The van der Waals surface area contributed by atoms with Crippen molar-refractivity contribution >= 4 is 21.6 Å². The zero-order valence-electron chi connectivity index (χ0n) is 8.66. The molecule has 1 fully saturated rings. The normalized spacial score (nSPS) is 17.2. The van der Waals surface area contributed by atoms with Crippen LogP contribution < -0.4 is 5.32 Å². The fraction of sp³-hybridized carbons (Fsp3) is 1.00. The molecule has 0 atom stereocenters. The maximum Gasteiger partial charge on any atom is 0.148 e. The smallest absolute Gasteiger partial charge is 0.148 e. The van der Waals surface area contributed by atoms with Gasteiger partial charge in [-0.15, -0.1) is 0 Å². The SMILES string of the molecule is CS(=O)(=O)CCSCCCNC1CC1. The van der Waals surface area contributed by atoms with Crippen LogP contribution in [0.1, 0.15) is 19.3 Å². The standard InChI is InChI=1S/C9H19NO2S2/c1-14(11,12)8-7-13-6-2-5-10-9-3-4-9/h9-10H,2-8H2,1H3. The summed E-state index contributed by atoms with van der Waals surface area (Å²) in [5.41, 5.74) is 0. The third-order valence-electron chi connectivity index (χ3n) is 2.07. The third-order valence-corrected chi connectivity index (χ3v) is 4.35. The molecular formula is C9H19NO2S2. The van der Waals surface area contributed by atoms with E-state index in [-0.39, 0.29) is 0 Å². The molecule has 0 amide bonds. The van der Waals surface area contributed by atoms with Gasteiger partial charge >= 0.3 is 0 Å². The van der Waals surface area contributed by atoms with Gasteiger partial charge in [0.1, 0.15) is 9.84 Å². The molecule has 1 aliphatic rings. The molecule has 3 nitrogen and oxygen atoms in total. The van der Waals surface area contributed by atoms with Gasteiger partial charge < -0.3 is 5.32 Å². The van der Waals surface area contributed by atoms with E-state index in [0.717, 1.165) is 30.5 Å². The van der Waals surface area contributed by atoms with E-state index >= 15 is 0 Å².